The largest absolute Gasteiger partial charge is 0.465 e. The minimum atomic E-state index is -0.705. The van der Waals surface area contributed by atoms with Crippen molar-refractivity contribution < 1.29 is 23.9 Å². The molecule has 2 atom stereocenters. The van der Waals surface area contributed by atoms with Gasteiger partial charge in [0.2, 0.25) is 5.91 Å². The molecule has 6 nitrogen and oxygen atoms in total. The van der Waals surface area contributed by atoms with Gasteiger partial charge in [0, 0.05) is 13.2 Å². The summed E-state index contributed by atoms with van der Waals surface area (Å²) in [6, 6.07) is 0. The molecule has 2 heterocycles. The van der Waals surface area contributed by atoms with E-state index in [1.165, 1.54) is 4.90 Å². The number of piperidine rings is 1. The van der Waals surface area contributed by atoms with Gasteiger partial charge in [-0.15, -0.1) is 0 Å². The number of esters is 1. The molecule has 2 aliphatic heterocycles. The van der Waals surface area contributed by atoms with Crippen molar-refractivity contribution in [1.82, 2.24) is 4.90 Å². The molecule has 2 rings (SSSR count). The SMILES string of the molecule is CCOC(=O)C1CCN(C(=O)C2CCOC2)CC1=O. The van der Waals surface area contributed by atoms with Crippen LogP contribution in [0.15, 0.2) is 0 Å². The summed E-state index contributed by atoms with van der Waals surface area (Å²) in [5.41, 5.74) is 0. The Kier molecular flexibility index (Phi) is 4.52. The Morgan fingerprint density at radius 2 is 2.21 bits per heavy atom. The quantitative estimate of drug-likeness (QED) is 0.533. The Bertz CT molecular complexity index is 375. The van der Waals surface area contributed by atoms with Gasteiger partial charge in [0.1, 0.15) is 5.92 Å². The molecule has 0 aromatic carbocycles. The highest BCUT2D eigenvalue weighted by molar-refractivity contribution is 6.02. The molecule has 0 bridgehead atoms. The molecule has 0 spiro atoms. The van der Waals surface area contributed by atoms with Gasteiger partial charge >= 0.3 is 5.97 Å². The van der Waals surface area contributed by atoms with E-state index < -0.39 is 11.9 Å². The molecule has 1 amide bonds. The Labute approximate surface area is 112 Å². The molecule has 2 unspecified atom stereocenters. The van der Waals surface area contributed by atoms with Crippen LogP contribution in [-0.2, 0) is 23.9 Å². The van der Waals surface area contributed by atoms with Crippen molar-refractivity contribution in [3.63, 3.8) is 0 Å². The fourth-order valence-corrected chi connectivity index (χ4v) is 2.49. The lowest BCUT2D eigenvalue weighted by Gasteiger charge is -2.31. The van der Waals surface area contributed by atoms with Crippen LogP contribution in [0, 0.1) is 11.8 Å². The Balaban J connectivity index is 1.90. The van der Waals surface area contributed by atoms with E-state index in [4.69, 9.17) is 9.47 Å². The zero-order valence-electron chi connectivity index (χ0n) is 11.1. The summed E-state index contributed by atoms with van der Waals surface area (Å²) in [6.07, 6.45) is 1.07. The average molecular weight is 269 g/mol. The highest BCUT2D eigenvalue weighted by Gasteiger charge is 2.37. The first-order valence-corrected chi connectivity index (χ1v) is 6.69. The number of hydrogen-bond acceptors (Lipinski definition) is 5. The third kappa shape index (κ3) is 3.12. The first kappa shape index (κ1) is 14.0. The predicted molar refractivity (Wildman–Crippen MR) is 65.3 cm³/mol. The number of carbonyl (C=O) groups excluding carboxylic acids is 3. The monoisotopic (exact) mass is 269 g/mol. The van der Waals surface area contributed by atoms with Gasteiger partial charge < -0.3 is 14.4 Å². The van der Waals surface area contributed by atoms with Crippen molar-refractivity contribution in [2.45, 2.75) is 19.8 Å². The van der Waals surface area contributed by atoms with Crippen LogP contribution in [0.3, 0.4) is 0 Å². The van der Waals surface area contributed by atoms with Gasteiger partial charge in [0.15, 0.2) is 5.78 Å². The number of ether oxygens (including phenoxy) is 2. The van der Waals surface area contributed by atoms with Crippen molar-refractivity contribution in [3.05, 3.63) is 0 Å². The van der Waals surface area contributed by atoms with Gasteiger partial charge in [-0.2, -0.15) is 0 Å². The first-order valence-electron chi connectivity index (χ1n) is 6.69. The van der Waals surface area contributed by atoms with Crippen LogP contribution in [0.2, 0.25) is 0 Å². The average Bonchev–Trinajstić information content (AvgIpc) is 2.91. The van der Waals surface area contributed by atoms with E-state index in [9.17, 15) is 14.4 Å². The summed E-state index contributed by atoms with van der Waals surface area (Å²) >= 11 is 0. The minimum Gasteiger partial charge on any atom is -0.465 e. The molecule has 19 heavy (non-hydrogen) atoms. The summed E-state index contributed by atoms with van der Waals surface area (Å²) < 4.78 is 10.0. The van der Waals surface area contributed by atoms with E-state index >= 15 is 0 Å². The van der Waals surface area contributed by atoms with Gasteiger partial charge in [0.25, 0.3) is 0 Å². The molecular weight excluding hydrogens is 250 g/mol. The lowest BCUT2D eigenvalue weighted by molar-refractivity contribution is -0.156. The van der Waals surface area contributed by atoms with Crippen LogP contribution in [-0.4, -0.2) is 55.5 Å². The maximum atomic E-state index is 12.1. The molecule has 0 aromatic heterocycles. The normalized spacial score (nSPS) is 27.4. The molecule has 0 aliphatic carbocycles. The van der Waals surface area contributed by atoms with Gasteiger partial charge in [-0.25, -0.2) is 0 Å². The first-order chi connectivity index (χ1) is 9.13. The van der Waals surface area contributed by atoms with Gasteiger partial charge in [-0.3, -0.25) is 14.4 Å². The second-order valence-electron chi connectivity index (χ2n) is 4.88. The van der Waals surface area contributed by atoms with Crippen LogP contribution >= 0.6 is 0 Å². The van der Waals surface area contributed by atoms with Gasteiger partial charge in [-0.1, -0.05) is 0 Å². The third-order valence-electron chi connectivity index (χ3n) is 3.58. The third-order valence-corrected chi connectivity index (χ3v) is 3.58. The fourth-order valence-electron chi connectivity index (χ4n) is 2.49. The fraction of sp³-hybridized carbons (Fsp3) is 0.769. The molecule has 0 radical (unpaired) electrons. The van der Waals surface area contributed by atoms with E-state index in [0.29, 0.717) is 32.6 Å². The molecule has 106 valence electrons. The summed E-state index contributed by atoms with van der Waals surface area (Å²) in [5, 5.41) is 0. The van der Waals surface area contributed by atoms with E-state index in [1.54, 1.807) is 6.92 Å². The van der Waals surface area contributed by atoms with Crippen molar-refractivity contribution >= 4 is 17.7 Å². The number of amides is 1. The highest BCUT2D eigenvalue weighted by atomic mass is 16.5. The number of rotatable bonds is 3. The molecule has 0 aromatic rings. The summed E-state index contributed by atoms with van der Waals surface area (Å²) in [7, 11) is 0. The topological polar surface area (TPSA) is 72.9 Å². The van der Waals surface area contributed by atoms with Crippen LogP contribution in [0.25, 0.3) is 0 Å². The van der Waals surface area contributed by atoms with Crippen molar-refractivity contribution in [1.29, 1.82) is 0 Å². The Morgan fingerprint density at radius 1 is 1.42 bits per heavy atom. The van der Waals surface area contributed by atoms with Crippen LogP contribution in [0.4, 0.5) is 0 Å². The zero-order valence-corrected chi connectivity index (χ0v) is 11.1. The second kappa shape index (κ2) is 6.14. The zero-order chi connectivity index (χ0) is 13.8. The van der Waals surface area contributed by atoms with Crippen molar-refractivity contribution in [2.75, 3.05) is 32.9 Å². The Morgan fingerprint density at radius 3 is 2.79 bits per heavy atom. The van der Waals surface area contributed by atoms with E-state index in [1.807, 2.05) is 0 Å². The number of likely N-dealkylation sites (tertiary alicyclic amines) is 1. The molecule has 0 saturated carbocycles. The highest BCUT2D eigenvalue weighted by Crippen LogP contribution is 2.21. The van der Waals surface area contributed by atoms with Crippen molar-refractivity contribution in [3.8, 4) is 0 Å². The summed E-state index contributed by atoms with van der Waals surface area (Å²) in [6.45, 7) is 3.46. The minimum absolute atomic E-state index is 0.0127. The van der Waals surface area contributed by atoms with Crippen LogP contribution in [0.5, 0.6) is 0 Å². The molecule has 2 aliphatic rings. The van der Waals surface area contributed by atoms with Crippen LogP contribution < -0.4 is 0 Å². The van der Waals surface area contributed by atoms with Gasteiger partial charge in [-0.05, 0) is 19.8 Å². The van der Waals surface area contributed by atoms with Crippen LogP contribution in [0.1, 0.15) is 19.8 Å². The number of Topliss-reactive ketones (excluding diaryl/α,β-unsaturated/α-hetero) is 1. The number of ketones is 1. The smallest absolute Gasteiger partial charge is 0.316 e. The van der Waals surface area contributed by atoms with E-state index in [2.05, 4.69) is 0 Å². The lowest BCUT2D eigenvalue weighted by atomic mass is 9.94. The number of carbonyl (C=O) groups is 3. The maximum Gasteiger partial charge on any atom is 0.316 e. The van der Waals surface area contributed by atoms with E-state index in [-0.39, 0.29) is 30.8 Å². The summed E-state index contributed by atoms with van der Waals surface area (Å²) in [5.74, 6) is -1.57. The molecule has 0 N–H and O–H groups in total. The molecular formula is C13H19NO5. The standard InChI is InChI=1S/C13H19NO5/c1-2-19-13(17)10-3-5-14(7-11(10)15)12(16)9-4-6-18-8-9/h9-10H,2-8H2,1H3. The lowest BCUT2D eigenvalue weighted by Crippen LogP contribution is -2.48. The van der Waals surface area contributed by atoms with Gasteiger partial charge in [0.05, 0.1) is 25.7 Å². The number of nitrogens with zero attached hydrogens (tertiary/aromatic N) is 1. The predicted octanol–water partition coefficient (Wildman–Crippen LogP) is 0.00360. The molecule has 2 fully saturated rings. The molecule has 6 heteroatoms. The second-order valence-corrected chi connectivity index (χ2v) is 4.88. The maximum absolute atomic E-state index is 12.1. The summed E-state index contributed by atoms with van der Waals surface area (Å²) in [4.78, 5) is 37.2. The molecule has 2 saturated heterocycles. The van der Waals surface area contributed by atoms with Crippen molar-refractivity contribution in [2.24, 2.45) is 11.8 Å². The Hall–Kier alpha value is -1.43. The van der Waals surface area contributed by atoms with E-state index in [0.717, 1.165) is 0 Å². The number of hydrogen-bond donors (Lipinski definition) is 0.